The Morgan fingerprint density at radius 1 is 1.14 bits per heavy atom. The maximum atomic E-state index is 9.10. The third-order valence-corrected chi connectivity index (χ3v) is 3.25. The summed E-state index contributed by atoms with van der Waals surface area (Å²) in [5.74, 6) is -3.65. The van der Waals surface area contributed by atoms with Gasteiger partial charge in [0, 0.05) is 24.7 Å². The number of nitrogens with zero attached hydrogens (tertiary/aromatic N) is 1. The minimum atomic E-state index is -1.82. The average molecular weight is 330 g/mol. The molecule has 6 nitrogen and oxygen atoms in total. The third kappa shape index (κ3) is 6.89. The van der Waals surface area contributed by atoms with Gasteiger partial charge in [0.05, 0.1) is 12.2 Å². The summed E-state index contributed by atoms with van der Waals surface area (Å²) in [6.45, 7) is 7.25. The van der Waals surface area contributed by atoms with Crippen molar-refractivity contribution in [2.45, 2.75) is 32.6 Å². The molecule has 1 saturated heterocycles. The number of aliphatic carboxylic acids is 2. The summed E-state index contributed by atoms with van der Waals surface area (Å²) < 4.78 is 5.71. The SMILES string of the molecule is CC1CN(Cc2ccc(Cl)cc2)CC(C)O1.O=C(O)C(=O)O. The Morgan fingerprint density at radius 2 is 1.59 bits per heavy atom. The molecule has 2 unspecified atom stereocenters. The van der Waals surface area contributed by atoms with E-state index in [4.69, 9.17) is 36.1 Å². The van der Waals surface area contributed by atoms with Crippen LogP contribution in [0.1, 0.15) is 19.4 Å². The third-order valence-electron chi connectivity index (χ3n) is 3.00. The van der Waals surface area contributed by atoms with Gasteiger partial charge in [-0.05, 0) is 31.5 Å². The number of rotatable bonds is 2. The summed E-state index contributed by atoms with van der Waals surface area (Å²) in [4.78, 5) is 20.6. The van der Waals surface area contributed by atoms with Gasteiger partial charge < -0.3 is 14.9 Å². The Hall–Kier alpha value is -1.63. The van der Waals surface area contributed by atoms with Crippen molar-refractivity contribution in [3.05, 3.63) is 34.9 Å². The first kappa shape index (κ1) is 18.4. The molecule has 122 valence electrons. The van der Waals surface area contributed by atoms with Gasteiger partial charge in [0.15, 0.2) is 0 Å². The molecule has 1 heterocycles. The Kier molecular flexibility index (Phi) is 7.31. The summed E-state index contributed by atoms with van der Waals surface area (Å²) in [6.07, 6.45) is 0.659. The van der Waals surface area contributed by atoms with E-state index in [1.165, 1.54) is 5.56 Å². The number of hydrogen-bond acceptors (Lipinski definition) is 4. The maximum absolute atomic E-state index is 9.10. The van der Waals surface area contributed by atoms with Crippen LogP contribution in [-0.2, 0) is 20.9 Å². The fourth-order valence-corrected chi connectivity index (χ4v) is 2.39. The molecule has 2 atom stereocenters. The lowest BCUT2D eigenvalue weighted by molar-refractivity contribution is -0.159. The van der Waals surface area contributed by atoms with Crippen LogP contribution >= 0.6 is 11.6 Å². The number of carboxylic acids is 2. The zero-order chi connectivity index (χ0) is 16.7. The number of halogens is 1. The summed E-state index contributed by atoms with van der Waals surface area (Å²) in [7, 11) is 0. The van der Waals surface area contributed by atoms with Crippen LogP contribution in [0.3, 0.4) is 0 Å². The van der Waals surface area contributed by atoms with E-state index in [2.05, 4.69) is 30.9 Å². The summed E-state index contributed by atoms with van der Waals surface area (Å²) >= 11 is 5.87. The summed E-state index contributed by atoms with van der Waals surface area (Å²) in [5, 5.41) is 15.6. The van der Waals surface area contributed by atoms with Gasteiger partial charge in [-0.2, -0.15) is 0 Å². The number of carboxylic acid groups (broad SMARTS) is 2. The molecular formula is C15H20ClNO5. The molecule has 1 aliphatic rings. The molecule has 7 heteroatoms. The van der Waals surface area contributed by atoms with Crippen molar-refractivity contribution < 1.29 is 24.5 Å². The van der Waals surface area contributed by atoms with Crippen molar-refractivity contribution in [2.24, 2.45) is 0 Å². The van der Waals surface area contributed by atoms with Crippen LogP contribution in [0.15, 0.2) is 24.3 Å². The highest BCUT2D eigenvalue weighted by atomic mass is 35.5. The molecule has 0 radical (unpaired) electrons. The van der Waals surface area contributed by atoms with Crippen LogP contribution < -0.4 is 0 Å². The molecule has 0 amide bonds. The highest BCUT2D eigenvalue weighted by Gasteiger charge is 2.21. The first-order valence-electron chi connectivity index (χ1n) is 6.86. The normalized spacial score (nSPS) is 21.6. The lowest BCUT2D eigenvalue weighted by Crippen LogP contribution is -2.44. The molecule has 0 spiro atoms. The molecule has 1 fully saturated rings. The monoisotopic (exact) mass is 329 g/mol. The first-order chi connectivity index (χ1) is 10.3. The lowest BCUT2D eigenvalue weighted by atomic mass is 10.1. The van der Waals surface area contributed by atoms with Crippen molar-refractivity contribution >= 4 is 23.5 Å². The van der Waals surface area contributed by atoms with Crippen LogP contribution in [0.5, 0.6) is 0 Å². The highest BCUT2D eigenvalue weighted by Crippen LogP contribution is 2.15. The van der Waals surface area contributed by atoms with Gasteiger partial charge in [0.2, 0.25) is 0 Å². The van der Waals surface area contributed by atoms with E-state index in [1.807, 2.05) is 12.1 Å². The number of carbonyl (C=O) groups is 2. The van der Waals surface area contributed by atoms with E-state index in [-0.39, 0.29) is 0 Å². The Balaban J connectivity index is 0.000000346. The summed E-state index contributed by atoms with van der Waals surface area (Å²) in [6, 6.07) is 8.08. The van der Waals surface area contributed by atoms with Crippen molar-refractivity contribution in [1.29, 1.82) is 0 Å². The average Bonchev–Trinajstić information content (AvgIpc) is 2.41. The van der Waals surface area contributed by atoms with Gasteiger partial charge in [-0.25, -0.2) is 9.59 Å². The second-order valence-corrected chi connectivity index (χ2v) is 5.62. The second kappa shape index (κ2) is 8.73. The molecule has 2 rings (SSSR count). The molecule has 0 bridgehead atoms. The van der Waals surface area contributed by atoms with Crippen LogP contribution in [0.25, 0.3) is 0 Å². The van der Waals surface area contributed by atoms with E-state index >= 15 is 0 Å². The Morgan fingerprint density at radius 3 is 2.00 bits per heavy atom. The minimum Gasteiger partial charge on any atom is -0.473 e. The van der Waals surface area contributed by atoms with Crippen molar-refractivity contribution in [2.75, 3.05) is 13.1 Å². The summed E-state index contributed by atoms with van der Waals surface area (Å²) in [5.41, 5.74) is 1.31. The predicted molar refractivity (Wildman–Crippen MR) is 82.0 cm³/mol. The molecule has 0 aromatic heterocycles. The predicted octanol–water partition coefficient (Wildman–Crippen LogP) is 2.10. The van der Waals surface area contributed by atoms with Gasteiger partial charge >= 0.3 is 11.9 Å². The van der Waals surface area contributed by atoms with E-state index in [0.717, 1.165) is 24.7 Å². The Bertz CT molecular complexity index is 483. The maximum Gasteiger partial charge on any atom is 0.414 e. The van der Waals surface area contributed by atoms with Gasteiger partial charge in [-0.1, -0.05) is 23.7 Å². The molecule has 22 heavy (non-hydrogen) atoms. The zero-order valence-electron chi connectivity index (χ0n) is 12.5. The fourth-order valence-electron chi connectivity index (χ4n) is 2.26. The van der Waals surface area contributed by atoms with E-state index < -0.39 is 11.9 Å². The molecule has 0 saturated carbocycles. The van der Waals surface area contributed by atoms with Crippen LogP contribution in [0, 0.1) is 0 Å². The van der Waals surface area contributed by atoms with Crippen molar-refractivity contribution in [1.82, 2.24) is 4.90 Å². The first-order valence-corrected chi connectivity index (χ1v) is 7.24. The molecule has 2 N–H and O–H groups in total. The molecular weight excluding hydrogens is 310 g/mol. The number of benzene rings is 1. The van der Waals surface area contributed by atoms with E-state index in [9.17, 15) is 0 Å². The topological polar surface area (TPSA) is 87.1 Å². The lowest BCUT2D eigenvalue weighted by Gasteiger charge is -2.35. The van der Waals surface area contributed by atoms with Crippen molar-refractivity contribution in [3.63, 3.8) is 0 Å². The fraction of sp³-hybridized carbons (Fsp3) is 0.467. The standard InChI is InChI=1S/C13H18ClNO.C2H2O4/c1-10-7-15(8-11(2)16-10)9-12-3-5-13(14)6-4-12;3-1(4)2(5)6/h3-6,10-11H,7-9H2,1-2H3;(H,3,4)(H,5,6). The quantitative estimate of drug-likeness (QED) is 0.808. The second-order valence-electron chi connectivity index (χ2n) is 5.19. The number of hydrogen-bond donors (Lipinski definition) is 2. The largest absolute Gasteiger partial charge is 0.473 e. The van der Waals surface area contributed by atoms with E-state index in [0.29, 0.717) is 12.2 Å². The highest BCUT2D eigenvalue weighted by molar-refractivity contribution is 6.30. The number of ether oxygens (including phenoxy) is 1. The van der Waals surface area contributed by atoms with Crippen LogP contribution in [0.2, 0.25) is 5.02 Å². The van der Waals surface area contributed by atoms with Gasteiger partial charge in [-0.3, -0.25) is 4.90 Å². The molecule has 1 aliphatic heterocycles. The van der Waals surface area contributed by atoms with Gasteiger partial charge in [0.1, 0.15) is 0 Å². The molecule has 0 aliphatic carbocycles. The van der Waals surface area contributed by atoms with Crippen molar-refractivity contribution in [3.8, 4) is 0 Å². The van der Waals surface area contributed by atoms with Crippen LogP contribution in [-0.4, -0.2) is 52.3 Å². The minimum absolute atomic E-state index is 0.330. The smallest absolute Gasteiger partial charge is 0.414 e. The molecule has 1 aromatic carbocycles. The van der Waals surface area contributed by atoms with Crippen LogP contribution in [0.4, 0.5) is 0 Å². The zero-order valence-corrected chi connectivity index (χ0v) is 13.3. The molecule has 1 aromatic rings. The van der Waals surface area contributed by atoms with E-state index in [1.54, 1.807) is 0 Å². The Labute approximate surface area is 134 Å². The van der Waals surface area contributed by atoms with Gasteiger partial charge in [-0.15, -0.1) is 0 Å². The van der Waals surface area contributed by atoms with Gasteiger partial charge in [0.25, 0.3) is 0 Å². The number of morpholine rings is 1.